The van der Waals surface area contributed by atoms with E-state index in [-0.39, 0.29) is 23.1 Å². The van der Waals surface area contributed by atoms with Gasteiger partial charge >= 0.3 is 18.1 Å². The Morgan fingerprint density at radius 1 is 1.09 bits per heavy atom. The van der Waals surface area contributed by atoms with Crippen molar-refractivity contribution in [3.8, 4) is 0 Å². The minimum atomic E-state index is -4.50. The Kier molecular flexibility index (Phi) is 7.39. The molecule has 1 unspecified atom stereocenters. The first-order chi connectivity index (χ1) is 15.4. The number of hydrogen-bond donors (Lipinski definition) is 1. The molecule has 0 radical (unpaired) electrons. The van der Waals surface area contributed by atoms with E-state index in [4.69, 9.17) is 11.6 Å². The van der Waals surface area contributed by atoms with Gasteiger partial charge in [-0.2, -0.15) is 13.2 Å². The molecule has 6 nitrogen and oxygen atoms in total. The molecule has 13 heteroatoms. The zero-order valence-corrected chi connectivity index (χ0v) is 20.6. The number of carbonyl (C=O) groups is 2. The molecule has 3 rings (SSSR count). The molecule has 0 spiro atoms. The number of amides is 3. The van der Waals surface area contributed by atoms with Crippen LogP contribution >= 0.6 is 43.5 Å². The van der Waals surface area contributed by atoms with Crippen molar-refractivity contribution in [1.29, 1.82) is 0 Å². The Labute approximate surface area is 207 Å². The van der Waals surface area contributed by atoms with Gasteiger partial charge in [0, 0.05) is 12.7 Å². The van der Waals surface area contributed by atoms with E-state index in [1.165, 1.54) is 37.4 Å². The van der Waals surface area contributed by atoms with Gasteiger partial charge in [0.1, 0.15) is 15.2 Å². The van der Waals surface area contributed by atoms with Crippen LogP contribution in [0.5, 0.6) is 0 Å². The average molecular weight is 615 g/mol. The molecule has 0 bridgehead atoms. The van der Waals surface area contributed by atoms with Crippen LogP contribution in [0.3, 0.4) is 0 Å². The van der Waals surface area contributed by atoms with Crippen molar-refractivity contribution in [3.63, 3.8) is 0 Å². The van der Waals surface area contributed by atoms with Crippen molar-refractivity contribution in [2.24, 2.45) is 4.99 Å². The lowest BCUT2D eigenvalue weighted by Gasteiger charge is -2.28. The second-order valence-corrected chi connectivity index (χ2v) is 11.1. The molecular weight excluding hydrogens is 599 g/mol. The molecule has 0 aromatic heterocycles. The molecule has 2 aromatic rings. The Bertz CT molecular complexity index is 1100. The quantitative estimate of drug-likeness (QED) is 0.254. The monoisotopic (exact) mass is 612 g/mol. The van der Waals surface area contributed by atoms with E-state index in [1.807, 2.05) is 0 Å². The fourth-order valence-corrected chi connectivity index (χ4v) is 3.48. The largest absolute Gasteiger partial charge is 0.416 e. The molecule has 33 heavy (non-hydrogen) atoms. The number of para-hydroxylation sites is 1. The predicted molar refractivity (Wildman–Crippen MR) is 125 cm³/mol. The van der Waals surface area contributed by atoms with Gasteiger partial charge in [0.05, 0.1) is 17.1 Å². The van der Waals surface area contributed by atoms with Crippen LogP contribution in [0.15, 0.2) is 53.5 Å². The molecule has 1 aliphatic rings. The number of carbonyl (C=O) groups excluding carboxylic acids is 2. The number of anilines is 2. The summed E-state index contributed by atoms with van der Waals surface area (Å²) in [4.78, 5) is 31.6. The lowest BCUT2D eigenvalue weighted by molar-refractivity contribution is -0.137. The number of rotatable bonds is 6. The molecule has 1 heterocycles. The van der Waals surface area contributed by atoms with Crippen molar-refractivity contribution in [2.75, 3.05) is 23.1 Å². The SMILES string of the molecule is CN1C(=O)N(c2ccccc2F)C(=O)C1=NC(Nc1ccc(C(F)(F)F)cc1)C(Br)(Br)CCl. The van der Waals surface area contributed by atoms with Crippen molar-refractivity contribution in [3.05, 3.63) is 59.9 Å². The highest BCUT2D eigenvalue weighted by Gasteiger charge is 2.44. The maximum atomic E-state index is 14.2. The molecule has 1 atom stereocenters. The van der Waals surface area contributed by atoms with Gasteiger partial charge in [0.25, 0.3) is 0 Å². The van der Waals surface area contributed by atoms with Crippen LogP contribution in [-0.2, 0) is 11.0 Å². The highest BCUT2D eigenvalue weighted by atomic mass is 79.9. The first-order valence-electron chi connectivity index (χ1n) is 9.19. The van der Waals surface area contributed by atoms with Crippen LogP contribution in [0.2, 0.25) is 0 Å². The highest BCUT2D eigenvalue weighted by molar-refractivity contribution is 9.25. The van der Waals surface area contributed by atoms with Gasteiger partial charge in [-0.25, -0.2) is 19.1 Å². The lowest BCUT2D eigenvalue weighted by atomic mass is 10.2. The number of benzene rings is 2. The number of amidine groups is 1. The van der Waals surface area contributed by atoms with E-state index in [0.29, 0.717) is 4.90 Å². The van der Waals surface area contributed by atoms with Gasteiger partial charge in [0.15, 0.2) is 0 Å². The number of likely N-dealkylation sites (N-methyl/N-ethyl adjacent to an activating group) is 1. The van der Waals surface area contributed by atoms with E-state index in [9.17, 15) is 27.2 Å². The molecule has 176 valence electrons. The zero-order chi connectivity index (χ0) is 24.6. The summed E-state index contributed by atoms with van der Waals surface area (Å²) in [7, 11) is 1.29. The van der Waals surface area contributed by atoms with Crippen LogP contribution in [0.1, 0.15) is 5.56 Å². The fraction of sp³-hybridized carbons (Fsp3) is 0.250. The zero-order valence-electron chi connectivity index (χ0n) is 16.7. The minimum Gasteiger partial charge on any atom is -0.362 e. The van der Waals surface area contributed by atoms with Crippen molar-refractivity contribution < 1.29 is 27.2 Å². The van der Waals surface area contributed by atoms with Crippen molar-refractivity contribution >= 4 is 72.6 Å². The van der Waals surface area contributed by atoms with Gasteiger partial charge in [-0.3, -0.25) is 9.69 Å². The molecular formula is C20H15Br2ClF4N4O2. The highest BCUT2D eigenvalue weighted by Crippen LogP contribution is 2.36. The Balaban J connectivity index is 1.97. The summed E-state index contributed by atoms with van der Waals surface area (Å²) < 4.78 is 51.6. The first kappa shape index (κ1) is 25.4. The van der Waals surface area contributed by atoms with E-state index in [1.54, 1.807) is 0 Å². The fourth-order valence-electron chi connectivity index (χ4n) is 2.90. The Morgan fingerprint density at radius 3 is 2.24 bits per heavy atom. The van der Waals surface area contributed by atoms with Crippen LogP contribution in [0.25, 0.3) is 0 Å². The maximum absolute atomic E-state index is 14.2. The van der Waals surface area contributed by atoms with Crippen LogP contribution in [-0.4, -0.2) is 45.0 Å². The van der Waals surface area contributed by atoms with Gasteiger partial charge in [-0.05, 0) is 36.4 Å². The number of alkyl halides is 6. The van der Waals surface area contributed by atoms with Crippen LogP contribution in [0.4, 0.5) is 33.7 Å². The van der Waals surface area contributed by atoms with Gasteiger partial charge in [-0.1, -0.05) is 44.0 Å². The van der Waals surface area contributed by atoms with Crippen molar-refractivity contribution in [2.45, 2.75) is 15.6 Å². The molecule has 2 aromatic carbocycles. The predicted octanol–water partition coefficient (Wildman–Crippen LogP) is 5.80. The number of nitrogens with one attached hydrogen (secondary N) is 1. The van der Waals surface area contributed by atoms with Gasteiger partial charge in [-0.15, -0.1) is 11.6 Å². The smallest absolute Gasteiger partial charge is 0.362 e. The summed E-state index contributed by atoms with van der Waals surface area (Å²) in [5, 5.41) is 2.88. The third-order valence-electron chi connectivity index (χ3n) is 4.63. The second kappa shape index (κ2) is 9.59. The molecule has 0 aliphatic carbocycles. The van der Waals surface area contributed by atoms with Crippen LogP contribution < -0.4 is 10.2 Å². The normalized spacial score (nSPS) is 17.2. The van der Waals surface area contributed by atoms with Gasteiger partial charge in [0.2, 0.25) is 5.84 Å². The molecule has 0 saturated carbocycles. The minimum absolute atomic E-state index is 0.0923. The summed E-state index contributed by atoms with van der Waals surface area (Å²) in [5.74, 6) is -2.06. The summed E-state index contributed by atoms with van der Waals surface area (Å²) in [6, 6.07) is 8.59. The van der Waals surface area contributed by atoms with Crippen LogP contribution in [0, 0.1) is 5.82 Å². The number of halogens is 7. The third-order valence-corrected chi connectivity index (χ3v) is 7.12. The standard InChI is InChI=1S/C20H15Br2ClF4N4O2/c1-30-15(16(32)31(18(30)33)14-5-3-2-4-13(14)24)29-17(19(21,22)10-23)28-12-8-6-11(7-9-12)20(25,26)27/h2-9,17,28H,10H2,1H3. The molecule has 3 amide bonds. The second-order valence-electron chi connectivity index (χ2n) is 6.90. The molecule has 1 saturated heterocycles. The van der Waals surface area contributed by atoms with Crippen molar-refractivity contribution in [1.82, 2.24) is 4.90 Å². The summed E-state index contributed by atoms with van der Waals surface area (Å²) in [5.41, 5.74) is -0.830. The number of urea groups is 1. The molecule has 1 fully saturated rings. The Morgan fingerprint density at radius 2 is 1.70 bits per heavy atom. The maximum Gasteiger partial charge on any atom is 0.416 e. The summed E-state index contributed by atoms with van der Waals surface area (Å²) in [6.07, 6.45) is -5.57. The first-order valence-corrected chi connectivity index (χ1v) is 11.3. The molecule has 1 N–H and O–H groups in total. The topological polar surface area (TPSA) is 65.0 Å². The number of aliphatic imine (C=N–C) groups is 1. The van der Waals surface area contributed by atoms with E-state index in [2.05, 4.69) is 42.2 Å². The Hall–Kier alpha value is -2.18. The average Bonchev–Trinajstić information content (AvgIpc) is 2.96. The number of imide groups is 1. The number of hydrogen-bond acceptors (Lipinski definition) is 4. The van der Waals surface area contributed by atoms with E-state index in [0.717, 1.165) is 23.1 Å². The van der Waals surface area contributed by atoms with Gasteiger partial charge < -0.3 is 5.32 Å². The summed E-state index contributed by atoms with van der Waals surface area (Å²) in [6.45, 7) is 0. The third kappa shape index (κ3) is 5.33. The number of nitrogens with zero attached hydrogens (tertiary/aromatic N) is 3. The summed E-state index contributed by atoms with van der Waals surface area (Å²) >= 11 is 12.7. The lowest BCUT2D eigenvalue weighted by Crippen LogP contribution is -2.40. The molecule has 1 aliphatic heterocycles. The van der Waals surface area contributed by atoms with E-state index >= 15 is 0 Å². The van der Waals surface area contributed by atoms with E-state index < -0.39 is 38.9 Å².